The first-order valence-electron chi connectivity index (χ1n) is 6.85. The molecule has 0 spiro atoms. The molecule has 1 aromatic heterocycles. The Morgan fingerprint density at radius 3 is 2.81 bits per heavy atom. The van der Waals surface area contributed by atoms with Gasteiger partial charge in [-0.2, -0.15) is 0 Å². The van der Waals surface area contributed by atoms with Gasteiger partial charge in [-0.05, 0) is 24.5 Å². The summed E-state index contributed by atoms with van der Waals surface area (Å²) in [6.45, 7) is 0. The predicted molar refractivity (Wildman–Crippen MR) is 79.5 cm³/mol. The van der Waals surface area contributed by atoms with Crippen LogP contribution in [-0.2, 0) is 4.79 Å². The number of H-pyrrole nitrogens is 1. The second-order valence-electron chi connectivity index (χ2n) is 5.43. The normalized spacial score (nSPS) is 15.9. The van der Waals surface area contributed by atoms with Crippen molar-refractivity contribution < 1.29 is 14.7 Å². The third-order valence-corrected chi connectivity index (χ3v) is 4.03. The van der Waals surface area contributed by atoms with Crippen LogP contribution in [0.3, 0.4) is 0 Å². The molecule has 21 heavy (non-hydrogen) atoms. The number of hydrogen-bond donors (Lipinski definition) is 3. The van der Waals surface area contributed by atoms with Crippen LogP contribution in [0.4, 0.5) is 0 Å². The molecular weight excluding hydrogens is 292 g/mol. The van der Waals surface area contributed by atoms with Gasteiger partial charge in [-0.3, -0.25) is 4.79 Å². The summed E-state index contributed by atoms with van der Waals surface area (Å²) >= 11 is 6.05. The highest BCUT2D eigenvalue weighted by Gasteiger charge is 2.30. The molecule has 1 fully saturated rings. The smallest absolute Gasteiger partial charge is 0.326 e. The lowest BCUT2D eigenvalue weighted by molar-refractivity contribution is -0.139. The molecule has 6 heteroatoms. The molecule has 1 atom stereocenters. The van der Waals surface area contributed by atoms with Gasteiger partial charge in [0.2, 0.25) is 0 Å². The van der Waals surface area contributed by atoms with Crippen molar-refractivity contribution in [1.29, 1.82) is 0 Å². The quantitative estimate of drug-likeness (QED) is 0.794. The molecule has 1 saturated carbocycles. The van der Waals surface area contributed by atoms with Gasteiger partial charge in [-0.15, -0.1) is 0 Å². The van der Waals surface area contributed by atoms with Crippen LogP contribution in [-0.4, -0.2) is 28.0 Å². The SMILES string of the molecule is O=C(N[C@@H](CC1CC1)C(=O)O)c1cc2cccc(Cl)c2[nH]1. The Balaban J connectivity index is 1.79. The largest absolute Gasteiger partial charge is 0.480 e. The molecule has 1 aliphatic carbocycles. The highest BCUT2D eigenvalue weighted by atomic mass is 35.5. The van der Waals surface area contributed by atoms with Crippen molar-refractivity contribution in [1.82, 2.24) is 10.3 Å². The lowest BCUT2D eigenvalue weighted by atomic mass is 10.1. The topological polar surface area (TPSA) is 82.2 Å². The van der Waals surface area contributed by atoms with E-state index in [1.807, 2.05) is 6.07 Å². The predicted octanol–water partition coefficient (Wildman–Crippen LogP) is 2.80. The number of aromatic nitrogens is 1. The van der Waals surface area contributed by atoms with Gasteiger partial charge in [-0.1, -0.05) is 36.6 Å². The van der Waals surface area contributed by atoms with E-state index in [0.717, 1.165) is 18.2 Å². The van der Waals surface area contributed by atoms with Gasteiger partial charge in [0.1, 0.15) is 11.7 Å². The Kier molecular flexibility index (Phi) is 3.59. The van der Waals surface area contributed by atoms with Crippen molar-refractivity contribution in [3.8, 4) is 0 Å². The fourth-order valence-electron chi connectivity index (χ4n) is 2.39. The molecule has 3 rings (SSSR count). The minimum atomic E-state index is -0.996. The summed E-state index contributed by atoms with van der Waals surface area (Å²) < 4.78 is 0. The Labute approximate surface area is 126 Å². The first-order chi connectivity index (χ1) is 10.0. The number of benzene rings is 1. The van der Waals surface area contributed by atoms with Crippen LogP contribution in [0.5, 0.6) is 0 Å². The summed E-state index contributed by atoms with van der Waals surface area (Å²) in [7, 11) is 0. The number of carboxylic acid groups (broad SMARTS) is 1. The van der Waals surface area contributed by atoms with Crippen LogP contribution in [0.15, 0.2) is 24.3 Å². The summed E-state index contributed by atoms with van der Waals surface area (Å²) in [5.41, 5.74) is 0.999. The van der Waals surface area contributed by atoms with Crippen molar-refractivity contribution in [2.45, 2.75) is 25.3 Å². The molecule has 5 nitrogen and oxygen atoms in total. The molecule has 0 radical (unpaired) electrons. The molecule has 3 N–H and O–H groups in total. The van der Waals surface area contributed by atoms with Crippen LogP contribution in [0, 0.1) is 5.92 Å². The van der Waals surface area contributed by atoms with Gasteiger partial charge in [0.25, 0.3) is 5.91 Å². The Morgan fingerprint density at radius 2 is 2.19 bits per heavy atom. The van der Waals surface area contributed by atoms with E-state index in [1.165, 1.54) is 0 Å². The van der Waals surface area contributed by atoms with E-state index in [-0.39, 0.29) is 0 Å². The average Bonchev–Trinajstić information content (AvgIpc) is 3.13. The highest BCUT2D eigenvalue weighted by Crippen LogP contribution is 2.33. The number of nitrogens with one attached hydrogen (secondary N) is 2. The number of hydrogen-bond acceptors (Lipinski definition) is 2. The average molecular weight is 307 g/mol. The number of fused-ring (bicyclic) bond motifs is 1. The molecule has 1 amide bonds. The molecular formula is C15H15ClN2O3. The number of para-hydroxylation sites is 1. The van der Waals surface area contributed by atoms with Crippen LogP contribution >= 0.6 is 11.6 Å². The van der Waals surface area contributed by atoms with E-state index in [9.17, 15) is 14.7 Å². The number of amides is 1. The van der Waals surface area contributed by atoms with Gasteiger partial charge >= 0.3 is 5.97 Å². The van der Waals surface area contributed by atoms with E-state index >= 15 is 0 Å². The van der Waals surface area contributed by atoms with E-state index < -0.39 is 17.9 Å². The molecule has 0 bridgehead atoms. The molecule has 0 unspecified atom stereocenters. The number of aromatic amines is 1. The standard InChI is InChI=1S/C15H15ClN2O3/c16-10-3-1-2-9-7-11(17-13(9)10)14(19)18-12(15(20)21)6-8-4-5-8/h1-3,7-8,12,17H,4-6H2,(H,18,19)(H,20,21)/t12-/m0/s1. The fourth-order valence-corrected chi connectivity index (χ4v) is 2.61. The van der Waals surface area contributed by atoms with Crippen LogP contribution in [0.1, 0.15) is 29.8 Å². The number of rotatable bonds is 5. The van der Waals surface area contributed by atoms with Crippen molar-refractivity contribution in [2.75, 3.05) is 0 Å². The maximum Gasteiger partial charge on any atom is 0.326 e. The van der Waals surface area contributed by atoms with Gasteiger partial charge in [0.15, 0.2) is 0 Å². The summed E-state index contributed by atoms with van der Waals surface area (Å²) in [6.07, 6.45) is 2.57. The monoisotopic (exact) mass is 306 g/mol. The van der Waals surface area contributed by atoms with Crippen molar-refractivity contribution >= 4 is 34.4 Å². The number of carbonyl (C=O) groups excluding carboxylic acids is 1. The fraction of sp³-hybridized carbons (Fsp3) is 0.333. The van der Waals surface area contributed by atoms with Gasteiger partial charge in [0.05, 0.1) is 10.5 Å². The molecule has 0 saturated heterocycles. The zero-order chi connectivity index (χ0) is 15.0. The third kappa shape index (κ3) is 3.03. The molecule has 0 aliphatic heterocycles. The van der Waals surface area contributed by atoms with Gasteiger partial charge in [0, 0.05) is 5.39 Å². The first kappa shape index (κ1) is 13.9. The zero-order valence-electron chi connectivity index (χ0n) is 11.2. The summed E-state index contributed by atoms with van der Waals surface area (Å²) in [5, 5.41) is 13.1. The van der Waals surface area contributed by atoms with Crippen molar-refractivity contribution in [2.24, 2.45) is 5.92 Å². The lowest BCUT2D eigenvalue weighted by Gasteiger charge is -2.13. The van der Waals surface area contributed by atoms with Crippen LogP contribution in [0.2, 0.25) is 5.02 Å². The van der Waals surface area contributed by atoms with E-state index in [4.69, 9.17) is 11.6 Å². The van der Waals surface area contributed by atoms with E-state index in [2.05, 4.69) is 10.3 Å². The van der Waals surface area contributed by atoms with Crippen LogP contribution in [0.25, 0.3) is 10.9 Å². The van der Waals surface area contributed by atoms with Gasteiger partial charge < -0.3 is 15.4 Å². The summed E-state index contributed by atoms with van der Waals surface area (Å²) in [6, 6.07) is 6.20. The summed E-state index contributed by atoms with van der Waals surface area (Å²) in [5.74, 6) is -0.997. The number of carboxylic acids is 1. The number of aliphatic carboxylic acids is 1. The Morgan fingerprint density at radius 1 is 1.43 bits per heavy atom. The minimum absolute atomic E-state index is 0.320. The molecule has 2 aromatic rings. The molecule has 1 aromatic carbocycles. The highest BCUT2D eigenvalue weighted by molar-refractivity contribution is 6.35. The first-order valence-corrected chi connectivity index (χ1v) is 7.23. The lowest BCUT2D eigenvalue weighted by Crippen LogP contribution is -2.41. The van der Waals surface area contributed by atoms with Gasteiger partial charge in [-0.25, -0.2) is 4.79 Å². The summed E-state index contributed by atoms with van der Waals surface area (Å²) in [4.78, 5) is 26.3. The Hall–Kier alpha value is -2.01. The third-order valence-electron chi connectivity index (χ3n) is 3.72. The second-order valence-corrected chi connectivity index (χ2v) is 5.84. The maximum atomic E-state index is 12.2. The van der Waals surface area contributed by atoms with Crippen molar-refractivity contribution in [3.63, 3.8) is 0 Å². The van der Waals surface area contributed by atoms with Crippen LogP contribution < -0.4 is 5.32 Å². The van der Waals surface area contributed by atoms with Crippen molar-refractivity contribution in [3.05, 3.63) is 35.0 Å². The van der Waals surface area contributed by atoms with E-state index in [0.29, 0.717) is 28.6 Å². The molecule has 1 aliphatic rings. The molecule has 110 valence electrons. The minimum Gasteiger partial charge on any atom is -0.480 e. The Bertz CT molecular complexity index is 706. The number of halogens is 1. The molecule has 1 heterocycles. The second kappa shape index (κ2) is 5.41. The maximum absolute atomic E-state index is 12.2. The van der Waals surface area contributed by atoms with E-state index in [1.54, 1.807) is 18.2 Å². The number of carbonyl (C=O) groups is 2. The zero-order valence-corrected chi connectivity index (χ0v) is 12.0.